The highest BCUT2D eigenvalue weighted by molar-refractivity contribution is 6.15. The normalized spacial score (nSPS) is 18.5. The maximum atomic E-state index is 13.1. The predicted octanol–water partition coefficient (Wildman–Crippen LogP) is 4.45. The number of ketones is 1. The second kappa shape index (κ2) is 7.89. The average molecular weight is 408 g/mol. The van der Waals surface area contributed by atoms with Crippen molar-refractivity contribution in [3.05, 3.63) is 63.9 Å². The highest BCUT2D eigenvalue weighted by atomic mass is 16.5. The zero-order valence-electron chi connectivity index (χ0n) is 18.1. The van der Waals surface area contributed by atoms with Crippen molar-refractivity contribution in [1.29, 1.82) is 0 Å². The summed E-state index contributed by atoms with van der Waals surface area (Å²) in [4.78, 5) is 15.3. The third-order valence-electron chi connectivity index (χ3n) is 5.78. The second-order valence-electron chi connectivity index (χ2n) is 9.10. The molecule has 2 aromatic rings. The molecule has 5 heteroatoms. The Morgan fingerprint density at radius 2 is 1.80 bits per heavy atom. The molecule has 2 aromatic carbocycles. The lowest BCUT2D eigenvalue weighted by molar-refractivity contribution is 0.0336. The molecule has 5 nitrogen and oxygen atoms in total. The van der Waals surface area contributed by atoms with Crippen LogP contribution in [0.15, 0.2) is 36.1 Å². The minimum atomic E-state index is -0.134. The molecule has 1 saturated heterocycles. The van der Waals surface area contributed by atoms with Crippen LogP contribution in [0.1, 0.15) is 53.4 Å². The Morgan fingerprint density at radius 1 is 1.13 bits per heavy atom. The van der Waals surface area contributed by atoms with Crippen molar-refractivity contribution in [3.63, 3.8) is 0 Å². The number of fused-ring (bicyclic) bond motifs is 1. The topological polar surface area (TPSA) is 59.0 Å². The van der Waals surface area contributed by atoms with Gasteiger partial charge in [0, 0.05) is 19.6 Å². The number of phenolic OH excluding ortho intramolecular Hbond substituents is 1. The monoisotopic (exact) mass is 407 g/mol. The van der Waals surface area contributed by atoms with Gasteiger partial charge in [-0.2, -0.15) is 0 Å². The van der Waals surface area contributed by atoms with E-state index < -0.39 is 0 Å². The van der Waals surface area contributed by atoms with Crippen LogP contribution in [0.25, 0.3) is 6.08 Å². The van der Waals surface area contributed by atoms with Gasteiger partial charge in [-0.1, -0.05) is 45.0 Å². The van der Waals surface area contributed by atoms with Gasteiger partial charge in [0.15, 0.2) is 5.76 Å². The Labute approximate surface area is 177 Å². The summed E-state index contributed by atoms with van der Waals surface area (Å²) in [5.74, 6) is 0.818. The molecule has 0 unspecified atom stereocenters. The van der Waals surface area contributed by atoms with Crippen molar-refractivity contribution >= 4 is 11.9 Å². The SMILES string of the molecule is Cc1cc(O)c(CN2CCOCC2)c2c1C(=O)/C(=C/c1ccc(C(C)(C)C)cc1)O2. The van der Waals surface area contributed by atoms with E-state index in [1.54, 1.807) is 12.1 Å². The third-order valence-corrected chi connectivity index (χ3v) is 5.78. The Morgan fingerprint density at radius 3 is 2.43 bits per heavy atom. The van der Waals surface area contributed by atoms with Gasteiger partial charge in [-0.3, -0.25) is 9.69 Å². The van der Waals surface area contributed by atoms with Crippen LogP contribution < -0.4 is 4.74 Å². The molecule has 0 amide bonds. The summed E-state index contributed by atoms with van der Waals surface area (Å²) in [7, 11) is 0. The van der Waals surface area contributed by atoms with Gasteiger partial charge in [-0.15, -0.1) is 0 Å². The van der Waals surface area contributed by atoms with Crippen molar-refractivity contribution in [3.8, 4) is 11.5 Å². The smallest absolute Gasteiger partial charge is 0.232 e. The molecule has 0 atom stereocenters. The van der Waals surface area contributed by atoms with Gasteiger partial charge in [0.1, 0.15) is 11.5 Å². The Bertz CT molecular complexity index is 993. The third kappa shape index (κ3) is 4.00. The molecule has 0 saturated carbocycles. The predicted molar refractivity (Wildman–Crippen MR) is 117 cm³/mol. The number of aromatic hydroxyl groups is 1. The molecule has 0 bridgehead atoms. The Balaban J connectivity index is 1.65. The first-order chi connectivity index (χ1) is 14.2. The van der Waals surface area contributed by atoms with Crippen LogP contribution in [0.5, 0.6) is 11.5 Å². The van der Waals surface area contributed by atoms with Crippen molar-refractivity contribution in [1.82, 2.24) is 4.90 Å². The van der Waals surface area contributed by atoms with Crippen LogP contribution >= 0.6 is 0 Å². The highest BCUT2D eigenvalue weighted by Gasteiger charge is 2.33. The van der Waals surface area contributed by atoms with E-state index >= 15 is 0 Å². The lowest BCUT2D eigenvalue weighted by Gasteiger charge is -2.27. The van der Waals surface area contributed by atoms with Crippen LogP contribution in [-0.2, 0) is 16.7 Å². The summed E-state index contributed by atoms with van der Waals surface area (Å²) in [6, 6.07) is 9.84. The fraction of sp³-hybridized carbons (Fsp3) is 0.400. The van der Waals surface area contributed by atoms with Gasteiger partial charge in [-0.05, 0) is 41.2 Å². The molecule has 0 radical (unpaired) electrons. The van der Waals surface area contributed by atoms with Crippen molar-refractivity contribution in [2.45, 2.75) is 39.7 Å². The van der Waals surface area contributed by atoms with Crippen molar-refractivity contribution in [2.75, 3.05) is 26.3 Å². The maximum absolute atomic E-state index is 13.1. The van der Waals surface area contributed by atoms with Gasteiger partial charge in [0.05, 0.1) is 24.3 Å². The molecule has 1 N–H and O–H groups in total. The van der Waals surface area contributed by atoms with Crippen molar-refractivity contribution < 1.29 is 19.4 Å². The molecule has 2 aliphatic rings. The van der Waals surface area contributed by atoms with E-state index in [1.165, 1.54) is 5.56 Å². The molecule has 0 aliphatic carbocycles. The summed E-state index contributed by atoms with van der Waals surface area (Å²) in [6.07, 6.45) is 1.78. The van der Waals surface area contributed by atoms with Gasteiger partial charge in [0.2, 0.25) is 5.78 Å². The Hall–Kier alpha value is -2.63. The fourth-order valence-electron chi connectivity index (χ4n) is 3.95. The summed E-state index contributed by atoms with van der Waals surface area (Å²) in [6.45, 7) is 11.8. The lowest BCUT2D eigenvalue weighted by Crippen LogP contribution is -2.35. The number of nitrogens with zero attached hydrogens (tertiary/aromatic N) is 1. The maximum Gasteiger partial charge on any atom is 0.232 e. The fourth-order valence-corrected chi connectivity index (χ4v) is 3.95. The number of aryl methyl sites for hydroxylation is 1. The zero-order chi connectivity index (χ0) is 21.5. The van der Waals surface area contributed by atoms with Crippen LogP contribution in [0.2, 0.25) is 0 Å². The van der Waals surface area contributed by atoms with E-state index in [4.69, 9.17) is 9.47 Å². The molecular formula is C25H29NO4. The number of hydrogen-bond donors (Lipinski definition) is 1. The number of carbonyl (C=O) groups excluding carboxylic acids is 1. The first-order valence-corrected chi connectivity index (χ1v) is 10.4. The standard InChI is InChI=1S/C25H29NO4/c1-16-13-20(27)19(15-26-9-11-29-12-10-26)24-22(16)23(28)21(30-24)14-17-5-7-18(8-6-17)25(2,3)4/h5-8,13-14,27H,9-12,15H2,1-4H3/b21-14-. The summed E-state index contributed by atoms with van der Waals surface area (Å²) in [5.41, 5.74) is 4.16. The summed E-state index contributed by atoms with van der Waals surface area (Å²) >= 11 is 0. The van der Waals surface area contributed by atoms with E-state index in [0.29, 0.717) is 42.4 Å². The number of morpholine rings is 1. The van der Waals surface area contributed by atoms with Crippen LogP contribution in [0.3, 0.4) is 0 Å². The molecule has 2 aliphatic heterocycles. The molecule has 1 fully saturated rings. The van der Waals surface area contributed by atoms with Gasteiger partial charge >= 0.3 is 0 Å². The second-order valence-corrected chi connectivity index (χ2v) is 9.10. The number of allylic oxidation sites excluding steroid dienone is 1. The van der Waals surface area contributed by atoms with Gasteiger partial charge in [0.25, 0.3) is 0 Å². The Kier molecular flexibility index (Phi) is 5.43. The molecule has 158 valence electrons. The van der Waals surface area contributed by atoms with Crippen molar-refractivity contribution in [2.24, 2.45) is 0 Å². The van der Waals surface area contributed by atoms with E-state index in [0.717, 1.165) is 24.2 Å². The van der Waals surface area contributed by atoms with E-state index in [-0.39, 0.29) is 16.9 Å². The van der Waals surface area contributed by atoms with E-state index in [1.807, 2.05) is 19.1 Å². The zero-order valence-corrected chi connectivity index (χ0v) is 18.1. The van der Waals surface area contributed by atoms with E-state index in [9.17, 15) is 9.90 Å². The minimum absolute atomic E-state index is 0.0740. The molecule has 30 heavy (non-hydrogen) atoms. The first kappa shape index (κ1) is 20.6. The number of ether oxygens (including phenoxy) is 2. The number of rotatable bonds is 3. The largest absolute Gasteiger partial charge is 0.507 e. The molecule has 4 rings (SSSR count). The lowest BCUT2D eigenvalue weighted by atomic mass is 9.86. The number of carbonyl (C=O) groups is 1. The average Bonchev–Trinajstić information content (AvgIpc) is 3.02. The van der Waals surface area contributed by atoms with E-state index in [2.05, 4.69) is 37.8 Å². The van der Waals surface area contributed by atoms with Crippen LogP contribution in [0, 0.1) is 6.92 Å². The number of benzene rings is 2. The number of hydrogen-bond acceptors (Lipinski definition) is 5. The van der Waals surface area contributed by atoms with Gasteiger partial charge in [-0.25, -0.2) is 0 Å². The minimum Gasteiger partial charge on any atom is -0.507 e. The quantitative estimate of drug-likeness (QED) is 0.762. The molecule has 2 heterocycles. The van der Waals surface area contributed by atoms with Crippen LogP contribution in [0.4, 0.5) is 0 Å². The molecule has 0 aromatic heterocycles. The number of phenols is 1. The van der Waals surface area contributed by atoms with Gasteiger partial charge < -0.3 is 14.6 Å². The summed E-state index contributed by atoms with van der Waals surface area (Å²) in [5, 5.41) is 10.6. The summed E-state index contributed by atoms with van der Waals surface area (Å²) < 4.78 is 11.5. The highest BCUT2D eigenvalue weighted by Crippen LogP contribution is 2.42. The molecule has 0 spiro atoms. The molecular weight excluding hydrogens is 378 g/mol. The van der Waals surface area contributed by atoms with Crippen LogP contribution in [-0.4, -0.2) is 42.1 Å². The first-order valence-electron chi connectivity index (χ1n) is 10.4. The number of Topliss-reactive ketones (excluding diaryl/α,β-unsaturated/α-hetero) is 1.